The number of fused-ring (bicyclic) bond motifs is 2. The van der Waals surface area contributed by atoms with Gasteiger partial charge in [0.25, 0.3) is 10.0 Å². The van der Waals surface area contributed by atoms with Crippen molar-refractivity contribution < 1.29 is 44.7 Å². The number of nitrogens with one attached hydrogen (secondary N) is 2. The quantitative estimate of drug-likeness (QED) is 0.419. The number of anilines is 1. The monoisotopic (exact) mass is 489 g/mol. The molecule has 0 radical (unpaired) electrons. The van der Waals surface area contributed by atoms with Crippen LogP contribution in [0.5, 0.6) is 11.5 Å². The molecular weight excluding hydrogens is 474 g/mol. The molecule has 0 saturated carbocycles. The van der Waals surface area contributed by atoms with Crippen LogP contribution in [0, 0.1) is 0 Å². The third-order valence-corrected chi connectivity index (χ3v) is 5.85. The lowest BCUT2D eigenvalue weighted by molar-refractivity contribution is -0.392. The van der Waals surface area contributed by atoms with E-state index in [0.717, 1.165) is 23.9 Å². The molecule has 0 aliphatic carbocycles. The highest BCUT2D eigenvalue weighted by Gasteiger charge is 2.66. The van der Waals surface area contributed by atoms with Crippen molar-refractivity contribution in [2.45, 2.75) is 17.1 Å². The van der Waals surface area contributed by atoms with Gasteiger partial charge >= 0.3 is 18.1 Å². The minimum atomic E-state index is -5.13. The summed E-state index contributed by atoms with van der Waals surface area (Å²) in [6.45, 7) is 0. The number of carbonyl (C=O) groups is 1. The van der Waals surface area contributed by atoms with Gasteiger partial charge in [0.15, 0.2) is 17.3 Å². The Morgan fingerprint density at radius 1 is 1.00 bits per heavy atom. The number of benzene rings is 2. The molecule has 0 saturated heterocycles. The summed E-state index contributed by atoms with van der Waals surface area (Å²) in [7, 11) is -1.14. The van der Waals surface area contributed by atoms with Crippen LogP contribution < -0.4 is 24.6 Å². The Balaban J connectivity index is 1.56. The van der Waals surface area contributed by atoms with E-state index in [0.29, 0.717) is 11.0 Å². The summed E-state index contributed by atoms with van der Waals surface area (Å²) in [5.41, 5.74) is 3.02. The second-order valence-electron chi connectivity index (χ2n) is 7.11. The zero-order valence-corrected chi connectivity index (χ0v) is 17.7. The number of nitrogens with zero attached hydrogens (tertiary/aromatic N) is 1. The van der Waals surface area contributed by atoms with Crippen LogP contribution >= 0.6 is 0 Å². The molecule has 9 nitrogen and oxygen atoms in total. The van der Waals surface area contributed by atoms with Crippen LogP contribution in [-0.4, -0.2) is 40.6 Å². The van der Waals surface area contributed by atoms with Crippen LogP contribution in [0.2, 0.25) is 0 Å². The summed E-state index contributed by atoms with van der Waals surface area (Å²) in [6.07, 6.45) is -10.1. The number of rotatable bonds is 5. The molecule has 1 amide bonds. The summed E-state index contributed by atoms with van der Waals surface area (Å²) in [6, 6.07) is 9.11. The Morgan fingerprint density at radius 2 is 1.70 bits per heavy atom. The van der Waals surface area contributed by atoms with Crippen LogP contribution in [0.25, 0.3) is 11.0 Å². The molecule has 0 unspecified atom stereocenters. The highest BCUT2D eigenvalue weighted by Crippen LogP contribution is 2.49. The number of hydrogen-bond donors (Lipinski definition) is 2. The van der Waals surface area contributed by atoms with Gasteiger partial charge in [0.2, 0.25) is 0 Å². The molecular formula is C19H15F4N3O6S. The van der Waals surface area contributed by atoms with Crippen LogP contribution in [-0.2, 0) is 10.0 Å². The first-order valence-corrected chi connectivity index (χ1v) is 10.6. The van der Waals surface area contributed by atoms with Crippen molar-refractivity contribution in [1.29, 1.82) is 0 Å². The number of hydrogen-bond acceptors (Lipinski definition) is 7. The standard InChI is InChI=1S/C19H15F4N3O6S/c1-26(2)11-7-6-10-8-14(30-13(10)9-11)17(27)24-25-33(28,29)15-5-3-4-12-16(15)32-19(22,23)18(20,21)31-12/h3-9,25H,1-2H3,(H,24,27). The normalized spacial score (nSPS) is 16.4. The predicted molar refractivity (Wildman–Crippen MR) is 106 cm³/mol. The second kappa shape index (κ2) is 7.52. The Morgan fingerprint density at radius 3 is 2.39 bits per heavy atom. The molecule has 2 N–H and O–H groups in total. The minimum absolute atomic E-state index is 0.246. The van der Waals surface area contributed by atoms with Gasteiger partial charge in [-0.15, -0.1) is 4.83 Å². The fourth-order valence-electron chi connectivity index (χ4n) is 2.91. The van der Waals surface area contributed by atoms with E-state index in [-0.39, 0.29) is 5.76 Å². The molecule has 0 bridgehead atoms. The number of sulfonamides is 1. The lowest BCUT2D eigenvalue weighted by Gasteiger charge is -2.32. The van der Waals surface area contributed by atoms with Gasteiger partial charge in [-0.25, -0.2) is 8.42 Å². The average molecular weight is 489 g/mol. The molecule has 3 aromatic rings. The Kier molecular flexibility index (Phi) is 5.16. The SMILES string of the molecule is CN(C)c1ccc2cc(C(=O)NNS(=O)(=O)c3cccc4c3OC(F)(F)C(F)(F)O4)oc2c1. The van der Waals surface area contributed by atoms with Gasteiger partial charge in [-0.3, -0.25) is 10.2 Å². The topological polar surface area (TPSA) is 110 Å². The summed E-state index contributed by atoms with van der Waals surface area (Å²) in [5.74, 6) is -3.31. The van der Waals surface area contributed by atoms with E-state index in [2.05, 4.69) is 9.47 Å². The molecule has 0 fully saturated rings. The maximum Gasteiger partial charge on any atom is 0.507 e. The van der Waals surface area contributed by atoms with Crippen molar-refractivity contribution in [2.75, 3.05) is 19.0 Å². The first-order chi connectivity index (χ1) is 15.3. The van der Waals surface area contributed by atoms with E-state index in [4.69, 9.17) is 4.42 Å². The smallest absolute Gasteiger partial charge is 0.451 e. The third-order valence-electron chi connectivity index (χ3n) is 4.58. The number of para-hydroxylation sites is 1. The maximum atomic E-state index is 13.5. The van der Waals surface area contributed by atoms with Crippen molar-refractivity contribution in [1.82, 2.24) is 10.3 Å². The molecule has 1 aliphatic rings. The molecule has 2 aromatic carbocycles. The van der Waals surface area contributed by atoms with Crippen LogP contribution in [0.15, 0.2) is 51.8 Å². The number of carbonyl (C=O) groups excluding carboxylic acids is 1. The van der Waals surface area contributed by atoms with Crippen LogP contribution in [0.3, 0.4) is 0 Å². The van der Waals surface area contributed by atoms with E-state index in [1.165, 1.54) is 6.07 Å². The number of furan rings is 1. The first-order valence-electron chi connectivity index (χ1n) is 9.10. The maximum absolute atomic E-state index is 13.5. The van der Waals surface area contributed by atoms with Crippen molar-refractivity contribution in [2.24, 2.45) is 0 Å². The fraction of sp³-hybridized carbons (Fsp3) is 0.211. The Hall–Kier alpha value is -3.52. The van der Waals surface area contributed by atoms with E-state index in [9.17, 15) is 30.8 Å². The van der Waals surface area contributed by atoms with Gasteiger partial charge in [0, 0.05) is 31.2 Å². The zero-order chi connectivity index (χ0) is 24.2. The van der Waals surface area contributed by atoms with E-state index >= 15 is 0 Å². The second-order valence-corrected chi connectivity index (χ2v) is 8.76. The predicted octanol–water partition coefficient (Wildman–Crippen LogP) is 3.08. The fourth-order valence-corrected chi connectivity index (χ4v) is 3.89. The number of amides is 1. The molecule has 14 heteroatoms. The van der Waals surface area contributed by atoms with Gasteiger partial charge in [0.05, 0.1) is 0 Å². The van der Waals surface area contributed by atoms with E-state index in [1.54, 1.807) is 37.1 Å². The molecule has 2 heterocycles. The summed E-state index contributed by atoms with van der Waals surface area (Å²) < 4.78 is 92.3. The number of alkyl halides is 4. The summed E-state index contributed by atoms with van der Waals surface area (Å²) >= 11 is 0. The third kappa shape index (κ3) is 4.02. The molecule has 1 aromatic heterocycles. The van der Waals surface area contributed by atoms with Crippen LogP contribution in [0.1, 0.15) is 10.6 Å². The summed E-state index contributed by atoms with van der Waals surface area (Å²) in [5, 5.41) is 0.569. The average Bonchev–Trinajstić information content (AvgIpc) is 3.15. The first kappa shape index (κ1) is 22.7. The van der Waals surface area contributed by atoms with E-state index < -0.39 is 44.5 Å². The van der Waals surface area contributed by atoms with Crippen molar-refractivity contribution in [3.05, 3.63) is 48.2 Å². The molecule has 4 rings (SSSR count). The van der Waals surface area contributed by atoms with E-state index in [1.807, 2.05) is 10.3 Å². The Labute approximate surface area is 183 Å². The molecule has 176 valence electrons. The minimum Gasteiger partial charge on any atom is -0.451 e. The zero-order valence-electron chi connectivity index (χ0n) is 16.9. The largest absolute Gasteiger partial charge is 0.507 e. The van der Waals surface area contributed by atoms with Crippen molar-refractivity contribution >= 4 is 32.6 Å². The van der Waals surface area contributed by atoms with Crippen LogP contribution in [0.4, 0.5) is 23.2 Å². The lowest BCUT2D eigenvalue weighted by Crippen LogP contribution is -2.52. The highest BCUT2D eigenvalue weighted by molar-refractivity contribution is 7.89. The molecule has 0 spiro atoms. The lowest BCUT2D eigenvalue weighted by atomic mass is 10.2. The van der Waals surface area contributed by atoms with Gasteiger partial charge in [0.1, 0.15) is 10.5 Å². The van der Waals surface area contributed by atoms with Crippen molar-refractivity contribution in [3.8, 4) is 11.5 Å². The van der Waals surface area contributed by atoms with Crippen molar-refractivity contribution in [3.63, 3.8) is 0 Å². The number of hydrazine groups is 1. The van der Waals surface area contributed by atoms with Gasteiger partial charge in [-0.05, 0) is 30.3 Å². The Bertz CT molecular complexity index is 1360. The van der Waals surface area contributed by atoms with Gasteiger partial charge in [-0.1, -0.05) is 6.07 Å². The summed E-state index contributed by atoms with van der Waals surface area (Å²) in [4.78, 5) is 14.9. The molecule has 1 aliphatic heterocycles. The molecule has 33 heavy (non-hydrogen) atoms. The highest BCUT2D eigenvalue weighted by atomic mass is 32.2. The number of halogens is 4. The van der Waals surface area contributed by atoms with Gasteiger partial charge in [-0.2, -0.15) is 17.6 Å². The number of ether oxygens (including phenoxy) is 2. The van der Waals surface area contributed by atoms with Gasteiger partial charge < -0.3 is 18.8 Å². The molecule has 0 atom stereocenters.